The SMILES string of the molecule is CCCCCCCC1CCCC(C2CCC(/C=C/COC/C=C/C3CCC(C4CCCC(CCCCCCC)C4)CC3)CC2)C1. The Morgan fingerprint density at radius 2 is 0.867 bits per heavy atom. The van der Waals surface area contributed by atoms with Crippen LogP contribution in [0.5, 0.6) is 0 Å². The van der Waals surface area contributed by atoms with Gasteiger partial charge in [-0.25, -0.2) is 0 Å². The highest BCUT2D eigenvalue weighted by Crippen LogP contribution is 2.44. The smallest absolute Gasteiger partial charge is 0.0651 e. The minimum absolute atomic E-state index is 0.793. The van der Waals surface area contributed by atoms with Gasteiger partial charge in [-0.15, -0.1) is 0 Å². The molecular formula is C44H78O. The molecule has 0 radical (unpaired) electrons. The van der Waals surface area contributed by atoms with Crippen LogP contribution in [0.15, 0.2) is 24.3 Å². The summed E-state index contributed by atoms with van der Waals surface area (Å²) in [6.45, 7) is 6.24. The van der Waals surface area contributed by atoms with Gasteiger partial charge in [0.25, 0.3) is 0 Å². The van der Waals surface area contributed by atoms with Gasteiger partial charge >= 0.3 is 0 Å². The fraction of sp³-hybridized carbons (Fsp3) is 0.909. The largest absolute Gasteiger partial charge is 0.373 e. The minimum Gasteiger partial charge on any atom is -0.373 e. The first-order chi connectivity index (χ1) is 22.2. The average Bonchev–Trinajstić information content (AvgIpc) is 3.08. The van der Waals surface area contributed by atoms with Crippen molar-refractivity contribution < 1.29 is 4.74 Å². The lowest BCUT2D eigenvalue weighted by Crippen LogP contribution is -2.26. The highest BCUT2D eigenvalue weighted by molar-refractivity contribution is 4.95. The van der Waals surface area contributed by atoms with Crippen molar-refractivity contribution in [2.75, 3.05) is 13.2 Å². The molecule has 0 amide bonds. The molecule has 4 fully saturated rings. The van der Waals surface area contributed by atoms with Crippen molar-refractivity contribution in [3.05, 3.63) is 24.3 Å². The molecular weight excluding hydrogens is 544 g/mol. The second-order valence-corrected chi connectivity index (χ2v) is 16.7. The lowest BCUT2D eigenvalue weighted by Gasteiger charge is -2.38. The number of ether oxygens (including phenoxy) is 1. The molecule has 0 heterocycles. The highest BCUT2D eigenvalue weighted by Gasteiger charge is 2.32. The van der Waals surface area contributed by atoms with E-state index in [1.165, 1.54) is 167 Å². The van der Waals surface area contributed by atoms with E-state index in [1.54, 1.807) is 12.8 Å². The van der Waals surface area contributed by atoms with E-state index in [4.69, 9.17) is 4.74 Å². The highest BCUT2D eigenvalue weighted by atomic mass is 16.5. The van der Waals surface area contributed by atoms with Gasteiger partial charge in [0.1, 0.15) is 0 Å². The Kier molecular flexibility index (Phi) is 19.0. The summed E-state index contributed by atoms with van der Waals surface area (Å²) in [6.07, 6.45) is 51.1. The van der Waals surface area contributed by atoms with E-state index >= 15 is 0 Å². The van der Waals surface area contributed by atoms with Gasteiger partial charge < -0.3 is 4.74 Å². The fourth-order valence-electron chi connectivity index (χ4n) is 10.4. The van der Waals surface area contributed by atoms with Gasteiger partial charge in [0.15, 0.2) is 0 Å². The molecule has 0 aromatic heterocycles. The summed E-state index contributed by atoms with van der Waals surface area (Å²) in [5, 5.41) is 0. The van der Waals surface area contributed by atoms with Crippen LogP contribution in [0, 0.1) is 47.3 Å². The molecule has 0 bridgehead atoms. The zero-order valence-electron chi connectivity index (χ0n) is 30.5. The first-order valence-electron chi connectivity index (χ1n) is 21.2. The molecule has 0 N–H and O–H groups in total. The Balaban J connectivity index is 1.00. The van der Waals surface area contributed by atoms with E-state index in [9.17, 15) is 0 Å². The van der Waals surface area contributed by atoms with E-state index < -0.39 is 0 Å². The van der Waals surface area contributed by atoms with Gasteiger partial charge in [0.05, 0.1) is 13.2 Å². The molecule has 4 saturated carbocycles. The molecule has 4 atom stereocenters. The Bertz CT molecular complexity index is 702. The summed E-state index contributed by atoms with van der Waals surface area (Å²) in [5.74, 6) is 7.85. The van der Waals surface area contributed by atoms with Crippen molar-refractivity contribution in [2.24, 2.45) is 47.3 Å². The van der Waals surface area contributed by atoms with Crippen LogP contribution >= 0.6 is 0 Å². The van der Waals surface area contributed by atoms with Crippen molar-refractivity contribution in [3.8, 4) is 0 Å². The maximum atomic E-state index is 6.01. The molecule has 0 saturated heterocycles. The standard InChI is InChI=1S/C44H78O/c1-3-5-7-9-11-17-39-19-13-23-43(35-39)41-29-25-37(26-30-41)21-15-33-45-34-16-22-38-27-31-42(32-28-38)44-24-14-20-40(36-44)18-12-10-8-6-4-2/h15-16,21-22,37-44H,3-14,17-20,23-36H2,1-2H3/b21-15+,22-16+. The normalized spacial score (nSPS) is 33.3. The van der Waals surface area contributed by atoms with Crippen LogP contribution in [0.4, 0.5) is 0 Å². The maximum absolute atomic E-state index is 6.01. The summed E-state index contributed by atoms with van der Waals surface area (Å²) in [6, 6.07) is 0. The van der Waals surface area contributed by atoms with E-state index in [0.29, 0.717) is 0 Å². The van der Waals surface area contributed by atoms with Crippen LogP contribution in [0.25, 0.3) is 0 Å². The Morgan fingerprint density at radius 1 is 0.444 bits per heavy atom. The molecule has 45 heavy (non-hydrogen) atoms. The Hall–Kier alpha value is -0.560. The third-order valence-corrected chi connectivity index (χ3v) is 13.3. The monoisotopic (exact) mass is 623 g/mol. The third kappa shape index (κ3) is 14.6. The predicted octanol–water partition coefficient (Wildman–Crippen LogP) is 14.1. The van der Waals surface area contributed by atoms with Crippen LogP contribution in [0.2, 0.25) is 0 Å². The van der Waals surface area contributed by atoms with Crippen molar-refractivity contribution in [1.29, 1.82) is 0 Å². The van der Waals surface area contributed by atoms with Crippen LogP contribution < -0.4 is 0 Å². The van der Waals surface area contributed by atoms with Crippen molar-refractivity contribution in [2.45, 2.75) is 194 Å². The van der Waals surface area contributed by atoms with Gasteiger partial charge in [0, 0.05) is 0 Å². The molecule has 4 aliphatic rings. The lowest BCUT2D eigenvalue weighted by atomic mass is 9.68. The van der Waals surface area contributed by atoms with Crippen LogP contribution in [-0.2, 0) is 4.74 Å². The first-order valence-corrected chi connectivity index (χ1v) is 21.2. The molecule has 4 unspecified atom stereocenters. The third-order valence-electron chi connectivity index (χ3n) is 13.3. The molecule has 0 aromatic rings. The number of allylic oxidation sites excluding steroid dienone is 2. The van der Waals surface area contributed by atoms with Gasteiger partial charge in [-0.3, -0.25) is 0 Å². The van der Waals surface area contributed by atoms with Crippen molar-refractivity contribution in [1.82, 2.24) is 0 Å². The van der Waals surface area contributed by atoms with Crippen molar-refractivity contribution in [3.63, 3.8) is 0 Å². The van der Waals surface area contributed by atoms with E-state index in [0.717, 1.165) is 60.6 Å². The topological polar surface area (TPSA) is 9.23 Å². The molecule has 4 rings (SSSR count). The van der Waals surface area contributed by atoms with Gasteiger partial charge in [-0.2, -0.15) is 0 Å². The quantitative estimate of drug-likeness (QED) is 0.0969. The Morgan fingerprint density at radius 3 is 1.29 bits per heavy atom. The second-order valence-electron chi connectivity index (χ2n) is 16.7. The van der Waals surface area contributed by atoms with Gasteiger partial charge in [0.2, 0.25) is 0 Å². The van der Waals surface area contributed by atoms with Crippen molar-refractivity contribution >= 4 is 0 Å². The minimum atomic E-state index is 0.793. The number of hydrogen-bond acceptors (Lipinski definition) is 1. The lowest BCUT2D eigenvalue weighted by molar-refractivity contribution is 0.142. The summed E-state index contributed by atoms with van der Waals surface area (Å²) < 4.78 is 6.01. The molecule has 1 heteroatoms. The molecule has 260 valence electrons. The Labute approximate surface area is 282 Å². The van der Waals surface area contributed by atoms with Crippen LogP contribution in [0.1, 0.15) is 194 Å². The number of hydrogen-bond donors (Lipinski definition) is 0. The summed E-state index contributed by atoms with van der Waals surface area (Å²) in [4.78, 5) is 0. The van der Waals surface area contributed by atoms with E-state index in [1.807, 2.05) is 0 Å². The van der Waals surface area contributed by atoms with Gasteiger partial charge in [-0.05, 0) is 112 Å². The predicted molar refractivity (Wildman–Crippen MR) is 198 cm³/mol. The molecule has 0 spiro atoms. The summed E-state index contributed by atoms with van der Waals surface area (Å²) >= 11 is 0. The van der Waals surface area contributed by atoms with Crippen LogP contribution in [-0.4, -0.2) is 13.2 Å². The average molecular weight is 623 g/mol. The molecule has 0 aliphatic heterocycles. The second kappa shape index (κ2) is 22.9. The van der Waals surface area contributed by atoms with Crippen LogP contribution in [0.3, 0.4) is 0 Å². The zero-order chi connectivity index (χ0) is 31.4. The van der Waals surface area contributed by atoms with E-state index in [-0.39, 0.29) is 0 Å². The zero-order valence-corrected chi connectivity index (χ0v) is 30.5. The first kappa shape index (κ1) is 37.3. The maximum Gasteiger partial charge on any atom is 0.0651 e. The van der Waals surface area contributed by atoms with Gasteiger partial charge in [-0.1, -0.05) is 154 Å². The summed E-state index contributed by atoms with van der Waals surface area (Å²) in [7, 11) is 0. The number of unbranched alkanes of at least 4 members (excludes halogenated alkanes) is 8. The molecule has 0 aromatic carbocycles. The number of rotatable bonds is 20. The molecule has 4 aliphatic carbocycles. The van der Waals surface area contributed by atoms with E-state index in [2.05, 4.69) is 38.2 Å². The fourth-order valence-corrected chi connectivity index (χ4v) is 10.4. The molecule has 1 nitrogen and oxygen atoms in total. The summed E-state index contributed by atoms with van der Waals surface area (Å²) in [5.41, 5.74) is 0.